The topological polar surface area (TPSA) is 87.2 Å². The van der Waals surface area contributed by atoms with E-state index in [0.29, 0.717) is 18.7 Å². The summed E-state index contributed by atoms with van der Waals surface area (Å²) in [6, 6.07) is 1.58. The molecular formula is C9H15N3O3. The monoisotopic (exact) mass is 213 g/mol. The third-order valence-electron chi connectivity index (χ3n) is 1.87. The molecule has 84 valence electrons. The number of aromatic nitrogens is 2. The zero-order valence-corrected chi connectivity index (χ0v) is 8.56. The smallest absolute Gasteiger partial charge is 0.269 e. The number of carbonyl (C=O) groups excluding carboxylic acids is 1. The molecule has 0 saturated heterocycles. The van der Waals surface area contributed by atoms with E-state index in [4.69, 9.17) is 4.74 Å². The Morgan fingerprint density at radius 3 is 3.20 bits per heavy atom. The van der Waals surface area contributed by atoms with Crippen LogP contribution in [-0.2, 0) is 4.74 Å². The third kappa shape index (κ3) is 4.09. The van der Waals surface area contributed by atoms with Gasteiger partial charge < -0.3 is 15.2 Å². The first kappa shape index (κ1) is 11.7. The van der Waals surface area contributed by atoms with Gasteiger partial charge in [0.05, 0.1) is 12.7 Å². The Hall–Kier alpha value is -1.40. The summed E-state index contributed by atoms with van der Waals surface area (Å²) in [7, 11) is 1.52. The van der Waals surface area contributed by atoms with Gasteiger partial charge in [-0.3, -0.25) is 9.89 Å². The zero-order chi connectivity index (χ0) is 11.1. The number of nitrogens with zero attached hydrogens (tertiary/aromatic N) is 1. The number of amides is 1. The first-order chi connectivity index (χ1) is 7.24. The summed E-state index contributed by atoms with van der Waals surface area (Å²) in [5, 5.41) is 18.2. The fourth-order valence-electron chi connectivity index (χ4n) is 1.11. The number of nitrogens with one attached hydrogen (secondary N) is 2. The number of aromatic amines is 1. The van der Waals surface area contributed by atoms with Crippen molar-refractivity contribution in [3.8, 4) is 0 Å². The Bertz CT molecular complexity index is 287. The number of aliphatic hydroxyl groups excluding tert-OH is 1. The van der Waals surface area contributed by atoms with Crippen LogP contribution < -0.4 is 5.32 Å². The van der Waals surface area contributed by atoms with E-state index in [1.54, 1.807) is 6.07 Å². The molecule has 0 radical (unpaired) electrons. The first-order valence-electron chi connectivity index (χ1n) is 4.68. The minimum Gasteiger partial charge on any atom is -0.391 e. The molecule has 15 heavy (non-hydrogen) atoms. The molecule has 0 saturated carbocycles. The van der Waals surface area contributed by atoms with Crippen molar-refractivity contribution < 1.29 is 14.6 Å². The molecule has 0 aliphatic rings. The van der Waals surface area contributed by atoms with E-state index >= 15 is 0 Å². The molecule has 0 spiro atoms. The second-order valence-electron chi connectivity index (χ2n) is 3.12. The number of hydrogen-bond acceptors (Lipinski definition) is 4. The van der Waals surface area contributed by atoms with Gasteiger partial charge in [-0.1, -0.05) is 0 Å². The summed E-state index contributed by atoms with van der Waals surface area (Å²) in [5.41, 5.74) is 0.413. The highest BCUT2D eigenvalue weighted by Crippen LogP contribution is 1.93. The van der Waals surface area contributed by atoms with Crippen LogP contribution in [0.1, 0.15) is 16.9 Å². The van der Waals surface area contributed by atoms with E-state index < -0.39 is 6.10 Å². The predicted molar refractivity (Wildman–Crippen MR) is 53.4 cm³/mol. The van der Waals surface area contributed by atoms with Gasteiger partial charge in [-0.25, -0.2) is 0 Å². The lowest BCUT2D eigenvalue weighted by Crippen LogP contribution is -2.28. The highest BCUT2D eigenvalue weighted by molar-refractivity contribution is 5.91. The van der Waals surface area contributed by atoms with E-state index in [-0.39, 0.29) is 12.5 Å². The van der Waals surface area contributed by atoms with Crippen LogP contribution >= 0.6 is 0 Å². The predicted octanol–water partition coefficient (Wildman–Crippen LogP) is -0.463. The Morgan fingerprint density at radius 1 is 1.80 bits per heavy atom. The molecule has 1 amide bonds. The summed E-state index contributed by atoms with van der Waals surface area (Å²) in [5.74, 6) is -0.225. The lowest BCUT2D eigenvalue weighted by Gasteiger charge is -2.09. The minimum absolute atomic E-state index is 0.225. The summed E-state index contributed by atoms with van der Waals surface area (Å²) >= 11 is 0. The molecule has 1 unspecified atom stereocenters. The number of rotatable bonds is 6. The molecule has 1 atom stereocenters. The Morgan fingerprint density at radius 2 is 2.60 bits per heavy atom. The SMILES string of the molecule is COCC(O)CCNC(=O)c1ccn[nH]1. The molecular weight excluding hydrogens is 198 g/mol. The normalized spacial score (nSPS) is 12.4. The van der Waals surface area contributed by atoms with E-state index in [2.05, 4.69) is 15.5 Å². The maximum Gasteiger partial charge on any atom is 0.269 e. The molecule has 3 N–H and O–H groups in total. The standard InChI is InChI=1S/C9H15N3O3/c1-15-6-7(13)2-4-10-9(14)8-3-5-11-12-8/h3,5,7,13H,2,4,6H2,1H3,(H,10,14)(H,11,12). The van der Waals surface area contributed by atoms with E-state index in [0.717, 1.165) is 0 Å². The maximum atomic E-state index is 11.3. The van der Waals surface area contributed by atoms with Crippen molar-refractivity contribution in [3.05, 3.63) is 18.0 Å². The highest BCUT2D eigenvalue weighted by Gasteiger charge is 2.07. The van der Waals surface area contributed by atoms with Gasteiger partial charge in [0, 0.05) is 19.9 Å². The number of aliphatic hydroxyl groups is 1. The van der Waals surface area contributed by atoms with Gasteiger partial charge in [0.2, 0.25) is 0 Å². The van der Waals surface area contributed by atoms with Gasteiger partial charge in [-0.2, -0.15) is 5.10 Å². The molecule has 0 bridgehead atoms. The van der Waals surface area contributed by atoms with Gasteiger partial charge in [0.15, 0.2) is 0 Å². The zero-order valence-electron chi connectivity index (χ0n) is 8.56. The highest BCUT2D eigenvalue weighted by atomic mass is 16.5. The molecule has 0 fully saturated rings. The third-order valence-corrected chi connectivity index (χ3v) is 1.87. The van der Waals surface area contributed by atoms with Crippen LogP contribution in [0.25, 0.3) is 0 Å². The van der Waals surface area contributed by atoms with Crippen molar-refractivity contribution >= 4 is 5.91 Å². The Kier molecular flexibility index (Phi) is 4.79. The quantitative estimate of drug-likeness (QED) is 0.596. The number of methoxy groups -OCH3 is 1. The lowest BCUT2D eigenvalue weighted by atomic mass is 10.2. The maximum absolute atomic E-state index is 11.3. The summed E-state index contributed by atoms with van der Waals surface area (Å²) < 4.78 is 4.75. The number of carbonyl (C=O) groups is 1. The van der Waals surface area contributed by atoms with Gasteiger partial charge in [-0.15, -0.1) is 0 Å². The van der Waals surface area contributed by atoms with Crippen LogP contribution in [0.15, 0.2) is 12.3 Å². The second-order valence-corrected chi connectivity index (χ2v) is 3.12. The number of hydrogen-bond donors (Lipinski definition) is 3. The summed E-state index contributed by atoms with van der Waals surface area (Å²) in [4.78, 5) is 11.3. The van der Waals surface area contributed by atoms with Crippen LogP contribution in [0.5, 0.6) is 0 Å². The van der Waals surface area contributed by atoms with E-state index in [1.165, 1.54) is 13.3 Å². The van der Waals surface area contributed by atoms with Gasteiger partial charge in [-0.05, 0) is 12.5 Å². The van der Waals surface area contributed by atoms with E-state index in [9.17, 15) is 9.90 Å². The van der Waals surface area contributed by atoms with Crippen molar-refractivity contribution in [2.45, 2.75) is 12.5 Å². The molecule has 6 nitrogen and oxygen atoms in total. The fourth-order valence-corrected chi connectivity index (χ4v) is 1.11. The molecule has 0 aliphatic heterocycles. The van der Waals surface area contributed by atoms with Crippen LogP contribution in [0.2, 0.25) is 0 Å². The number of H-pyrrole nitrogens is 1. The van der Waals surface area contributed by atoms with E-state index in [1.807, 2.05) is 0 Å². The minimum atomic E-state index is -0.544. The second kappa shape index (κ2) is 6.15. The van der Waals surface area contributed by atoms with Crippen molar-refractivity contribution in [1.82, 2.24) is 15.5 Å². The number of ether oxygens (including phenoxy) is 1. The van der Waals surface area contributed by atoms with Crippen molar-refractivity contribution in [1.29, 1.82) is 0 Å². The fraction of sp³-hybridized carbons (Fsp3) is 0.556. The largest absolute Gasteiger partial charge is 0.391 e. The van der Waals surface area contributed by atoms with Gasteiger partial charge in [0.25, 0.3) is 5.91 Å². The summed E-state index contributed by atoms with van der Waals surface area (Å²) in [6.07, 6.45) is 1.43. The van der Waals surface area contributed by atoms with Crippen LogP contribution in [-0.4, -0.2) is 47.6 Å². The van der Waals surface area contributed by atoms with Gasteiger partial charge >= 0.3 is 0 Å². The lowest BCUT2D eigenvalue weighted by molar-refractivity contribution is 0.0587. The Balaban J connectivity index is 2.18. The molecule has 1 rings (SSSR count). The van der Waals surface area contributed by atoms with Crippen molar-refractivity contribution in [3.63, 3.8) is 0 Å². The van der Waals surface area contributed by atoms with Crippen LogP contribution in [0.3, 0.4) is 0 Å². The molecule has 6 heteroatoms. The molecule has 0 aromatic carbocycles. The first-order valence-corrected chi connectivity index (χ1v) is 4.68. The van der Waals surface area contributed by atoms with Crippen LogP contribution in [0.4, 0.5) is 0 Å². The molecule has 1 aromatic heterocycles. The van der Waals surface area contributed by atoms with Crippen molar-refractivity contribution in [2.24, 2.45) is 0 Å². The average Bonchev–Trinajstić information content (AvgIpc) is 2.70. The average molecular weight is 213 g/mol. The Labute approximate surface area is 87.6 Å². The van der Waals surface area contributed by atoms with Gasteiger partial charge in [0.1, 0.15) is 5.69 Å². The molecule has 1 heterocycles. The van der Waals surface area contributed by atoms with Crippen LogP contribution in [0, 0.1) is 0 Å². The summed E-state index contributed by atoms with van der Waals surface area (Å²) in [6.45, 7) is 0.683. The van der Waals surface area contributed by atoms with Crippen molar-refractivity contribution in [2.75, 3.05) is 20.3 Å². The molecule has 1 aromatic rings. The molecule has 0 aliphatic carbocycles.